The van der Waals surface area contributed by atoms with Gasteiger partial charge in [0.2, 0.25) is 0 Å². The van der Waals surface area contributed by atoms with Crippen molar-refractivity contribution >= 4 is 9.84 Å². The zero-order valence-corrected chi connectivity index (χ0v) is 11.3. The lowest BCUT2D eigenvalue weighted by Crippen LogP contribution is -2.17. The standard InChI is InChI=1S/C13H19NO2S/c1-10(2)8-13(14-3)11-6-5-7-12(9-11)17(4,15)16/h5-7,9,13-14H,1,8H2,2-4H3. The van der Waals surface area contributed by atoms with Crippen LogP contribution >= 0.6 is 0 Å². The van der Waals surface area contributed by atoms with Crippen LogP contribution in [0.4, 0.5) is 0 Å². The molecule has 0 heterocycles. The fourth-order valence-corrected chi connectivity index (χ4v) is 2.37. The van der Waals surface area contributed by atoms with E-state index in [1.165, 1.54) is 6.26 Å². The molecule has 94 valence electrons. The smallest absolute Gasteiger partial charge is 0.175 e. The van der Waals surface area contributed by atoms with Gasteiger partial charge in [-0.3, -0.25) is 0 Å². The molecule has 1 aromatic carbocycles. The lowest BCUT2D eigenvalue weighted by molar-refractivity contribution is 0.585. The lowest BCUT2D eigenvalue weighted by Gasteiger charge is -2.17. The van der Waals surface area contributed by atoms with Crippen molar-refractivity contribution in [3.8, 4) is 0 Å². The molecule has 1 rings (SSSR count). The highest BCUT2D eigenvalue weighted by atomic mass is 32.2. The molecule has 0 saturated carbocycles. The summed E-state index contributed by atoms with van der Waals surface area (Å²) in [6.07, 6.45) is 2.02. The first kappa shape index (κ1) is 13.9. The van der Waals surface area contributed by atoms with Crippen LogP contribution in [0.25, 0.3) is 0 Å². The summed E-state index contributed by atoms with van der Waals surface area (Å²) in [4.78, 5) is 0.358. The van der Waals surface area contributed by atoms with Crippen molar-refractivity contribution in [1.82, 2.24) is 5.32 Å². The average Bonchev–Trinajstić information content (AvgIpc) is 2.24. The van der Waals surface area contributed by atoms with Gasteiger partial charge in [-0.1, -0.05) is 17.7 Å². The van der Waals surface area contributed by atoms with Crippen LogP contribution in [0.2, 0.25) is 0 Å². The minimum absolute atomic E-state index is 0.106. The third-order valence-electron chi connectivity index (χ3n) is 2.59. The second-order valence-electron chi connectivity index (χ2n) is 4.35. The van der Waals surface area contributed by atoms with E-state index in [1.807, 2.05) is 20.0 Å². The van der Waals surface area contributed by atoms with Crippen LogP contribution < -0.4 is 5.32 Å². The molecule has 0 fully saturated rings. The van der Waals surface area contributed by atoms with E-state index < -0.39 is 9.84 Å². The lowest BCUT2D eigenvalue weighted by atomic mass is 10.0. The van der Waals surface area contributed by atoms with Gasteiger partial charge in [-0.05, 0) is 38.1 Å². The third-order valence-corrected chi connectivity index (χ3v) is 3.70. The van der Waals surface area contributed by atoms with Gasteiger partial charge in [0.15, 0.2) is 9.84 Å². The van der Waals surface area contributed by atoms with E-state index in [0.717, 1.165) is 17.6 Å². The minimum atomic E-state index is -3.15. The van der Waals surface area contributed by atoms with Gasteiger partial charge in [-0.2, -0.15) is 0 Å². The van der Waals surface area contributed by atoms with Gasteiger partial charge in [0.1, 0.15) is 0 Å². The summed E-state index contributed by atoms with van der Waals surface area (Å²) in [6.45, 7) is 5.84. The highest BCUT2D eigenvalue weighted by Gasteiger charge is 2.13. The van der Waals surface area contributed by atoms with Crippen LogP contribution in [-0.2, 0) is 9.84 Å². The van der Waals surface area contributed by atoms with Crippen LogP contribution in [0.1, 0.15) is 24.9 Å². The Bertz CT molecular complexity index is 506. The molecule has 0 saturated heterocycles. The first-order valence-electron chi connectivity index (χ1n) is 5.46. The SMILES string of the molecule is C=C(C)CC(NC)c1cccc(S(C)(=O)=O)c1. The second-order valence-corrected chi connectivity index (χ2v) is 6.36. The third kappa shape index (κ3) is 3.98. The van der Waals surface area contributed by atoms with E-state index in [-0.39, 0.29) is 6.04 Å². The zero-order valence-electron chi connectivity index (χ0n) is 10.5. The molecule has 0 bridgehead atoms. The summed E-state index contributed by atoms with van der Waals surface area (Å²) in [5, 5.41) is 3.17. The van der Waals surface area contributed by atoms with Crippen molar-refractivity contribution in [2.75, 3.05) is 13.3 Å². The molecule has 0 spiro atoms. The van der Waals surface area contributed by atoms with Crippen LogP contribution in [0.5, 0.6) is 0 Å². The van der Waals surface area contributed by atoms with E-state index in [1.54, 1.807) is 18.2 Å². The summed E-state index contributed by atoms with van der Waals surface area (Å²) < 4.78 is 23.0. The molecule has 4 heteroatoms. The Labute approximate surface area is 103 Å². The molecular formula is C13H19NO2S. The molecule has 1 unspecified atom stereocenters. The second kappa shape index (κ2) is 5.47. The molecular weight excluding hydrogens is 234 g/mol. The van der Waals surface area contributed by atoms with E-state index in [0.29, 0.717) is 4.90 Å². The van der Waals surface area contributed by atoms with Gasteiger partial charge < -0.3 is 5.32 Å². The van der Waals surface area contributed by atoms with Gasteiger partial charge >= 0.3 is 0 Å². The molecule has 0 aliphatic carbocycles. The fourth-order valence-electron chi connectivity index (χ4n) is 1.70. The summed E-state index contributed by atoms with van der Waals surface area (Å²) in [7, 11) is -1.28. The fraction of sp³-hybridized carbons (Fsp3) is 0.385. The first-order valence-corrected chi connectivity index (χ1v) is 7.35. The Morgan fingerprint density at radius 1 is 1.47 bits per heavy atom. The number of sulfone groups is 1. The van der Waals surface area contributed by atoms with E-state index in [4.69, 9.17) is 0 Å². The highest BCUT2D eigenvalue weighted by molar-refractivity contribution is 7.90. The molecule has 1 aromatic rings. The number of hydrogen-bond acceptors (Lipinski definition) is 3. The molecule has 1 atom stereocenters. The largest absolute Gasteiger partial charge is 0.313 e. The summed E-state index contributed by atoms with van der Waals surface area (Å²) in [5.41, 5.74) is 2.03. The topological polar surface area (TPSA) is 46.2 Å². The Morgan fingerprint density at radius 3 is 2.59 bits per heavy atom. The molecule has 0 amide bonds. The number of benzene rings is 1. The molecule has 0 radical (unpaired) electrons. The molecule has 1 N–H and O–H groups in total. The van der Waals surface area contributed by atoms with E-state index in [2.05, 4.69) is 11.9 Å². The van der Waals surface area contributed by atoms with Crippen LogP contribution in [0, 0.1) is 0 Å². The summed E-state index contributed by atoms with van der Waals surface area (Å²) in [5.74, 6) is 0. The Morgan fingerprint density at radius 2 is 2.12 bits per heavy atom. The maximum Gasteiger partial charge on any atom is 0.175 e. The van der Waals surface area contributed by atoms with Crippen LogP contribution in [0.3, 0.4) is 0 Å². The molecule has 0 aliphatic heterocycles. The van der Waals surface area contributed by atoms with Crippen molar-refractivity contribution in [2.45, 2.75) is 24.3 Å². The Hall–Kier alpha value is -1.13. The van der Waals surface area contributed by atoms with Gasteiger partial charge in [-0.15, -0.1) is 6.58 Å². The van der Waals surface area contributed by atoms with E-state index >= 15 is 0 Å². The van der Waals surface area contributed by atoms with Gasteiger partial charge in [0.25, 0.3) is 0 Å². The number of hydrogen-bond donors (Lipinski definition) is 1. The van der Waals surface area contributed by atoms with E-state index in [9.17, 15) is 8.42 Å². The monoisotopic (exact) mass is 253 g/mol. The normalized spacial score (nSPS) is 13.4. The number of rotatable bonds is 5. The van der Waals surface area contributed by atoms with Gasteiger partial charge in [0, 0.05) is 12.3 Å². The van der Waals surface area contributed by atoms with Gasteiger partial charge in [0.05, 0.1) is 4.90 Å². The molecule has 3 nitrogen and oxygen atoms in total. The predicted octanol–water partition coefficient (Wildman–Crippen LogP) is 2.32. The quantitative estimate of drug-likeness (QED) is 0.819. The first-order chi connectivity index (χ1) is 7.84. The predicted molar refractivity (Wildman–Crippen MR) is 70.8 cm³/mol. The molecule has 0 aliphatic rings. The summed E-state index contributed by atoms with van der Waals surface area (Å²) in [6, 6.07) is 7.15. The maximum absolute atomic E-state index is 11.5. The highest BCUT2D eigenvalue weighted by Crippen LogP contribution is 2.22. The Balaban J connectivity index is 3.09. The average molecular weight is 253 g/mol. The summed E-state index contributed by atoms with van der Waals surface area (Å²) >= 11 is 0. The van der Waals surface area contributed by atoms with Crippen molar-refractivity contribution in [1.29, 1.82) is 0 Å². The van der Waals surface area contributed by atoms with Crippen LogP contribution in [0.15, 0.2) is 41.3 Å². The molecule has 17 heavy (non-hydrogen) atoms. The zero-order chi connectivity index (χ0) is 13.1. The van der Waals surface area contributed by atoms with Crippen molar-refractivity contribution in [2.24, 2.45) is 0 Å². The van der Waals surface area contributed by atoms with Crippen molar-refractivity contribution in [3.63, 3.8) is 0 Å². The molecule has 0 aromatic heterocycles. The van der Waals surface area contributed by atoms with Gasteiger partial charge in [-0.25, -0.2) is 8.42 Å². The van der Waals surface area contributed by atoms with Crippen LogP contribution in [-0.4, -0.2) is 21.7 Å². The van der Waals surface area contributed by atoms with Crippen molar-refractivity contribution in [3.05, 3.63) is 42.0 Å². The van der Waals surface area contributed by atoms with Crippen molar-refractivity contribution < 1.29 is 8.42 Å². The number of nitrogens with one attached hydrogen (secondary N) is 1. The Kier molecular flexibility index (Phi) is 4.48. The maximum atomic E-state index is 11.5. The minimum Gasteiger partial charge on any atom is -0.313 e.